The normalized spacial score (nSPS) is 10.5. The van der Waals surface area contributed by atoms with Gasteiger partial charge in [-0.3, -0.25) is 14.9 Å². The van der Waals surface area contributed by atoms with E-state index in [0.717, 1.165) is 17.1 Å². The number of aryl methyl sites for hydroxylation is 1. The van der Waals surface area contributed by atoms with E-state index in [0.29, 0.717) is 20.0 Å². The van der Waals surface area contributed by atoms with Crippen molar-refractivity contribution in [3.05, 3.63) is 46.5 Å². The average Bonchev–Trinajstić information content (AvgIpc) is 3.28. The van der Waals surface area contributed by atoms with Crippen LogP contribution in [0.5, 0.6) is 0 Å². The zero-order valence-corrected chi connectivity index (χ0v) is 16.0. The number of rotatable bonds is 7. The molecule has 0 bridgehead atoms. The van der Waals surface area contributed by atoms with Gasteiger partial charge in [0.25, 0.3) is 5.91 Å². The van der Waals surface area contributed by atoms with E-state index in [9.17, 15) is 9.59 Å². The summed E-state index contributed by atoms with van der Waals surface area (Å²) in [6.45, 7) is 1.95. The van der Waals surface area contributed by atoms with Crippen LogP contribution in [0.1, 0.15) is 20.9 Å². The lowest BCUT2D eigenvalue weighted by atomic mass is 10.2. The second-order valence-corrected chi connectivity index (χ2v) is 7.90. The Balaban J connectivity index is 1.45. The van der Waals surface area contributed by atoms with Gasteiger partial charge < -0.3 is 4.74 Å². The van der Waals surface area contributed by atoms with Crippen molar-refractivity contribution in [1.29, 1.82) is 0 Å². The molecular weight excluding hydrogens is 394 g/mol. The van der Waals surface area contributed by atoms with Crippen LogP contribution in [-0.2, 0) is 16.1 Å². The minimum Gasteiger partial charge on any atom is -0.460 e. The summed E-state index contributed by atoms with van der Waals surface area (Å²) in [4.78, 5) is 24.3. The molecule has 11 heteroatoms. The van der Waals surface area contributed by atoms with E-state index in [1.54, 1.807) is 6.92 Å². The maximum Gasteiger partial charge on any atom is 0.316 e. The van der Waals surface area contributed by atoms with Crippen molar-refractivity contribution >= 4 is 51.6 Å². The fraction of sp³-hybridized carbons (Fsp3) is 0.200. The maximum absolute atomic E-state index is 12.1. The first-order chi connectivity index (χ1) is 12.6. The number of aromatic nitrogens is 4. The quantitative estimate of drug-likeness (QED) is 0.362. The molecule has 1 aromatic carbocycles. The number of anilines is 1. The molecule has 0 atom stereocenters. The van der Waals surface area contributed by atoms with E-state index >= 15 is 0 Å². The zero-order chi connectivity index (χ0) is 18.4. The topological polar surface area (TPSA) is 107 Å². The highest BCUT2D eigenvalue weighted by Crippen LogP contribution is 2.26. The first-order valence-electron chi connectivity index (χ1n) is 7.38. The van der Waals surface area contributed by atoms with E-state index in [4.69, 9.17) is 4.74 Å². The molecule has 0 fully saturated rings. The summed E-state index contributed by atoms with van der Waals surface area (Å²) in [5, 5.41) is 14.6. The highest BCUT2D eigenvalue weighted by Gasteiger charge is 2.16. The number of thioether (sulfide) groups is 1. The Hall–Kier alpha value is -2.37. The molecule has 3 rings (SSSR count). The summed E-state index contributed by atoms with van der Waals surface area (Å²) in [7, 11) is 0. The van der Waals surface area contributed by atoms with Gasteiger partial charge in [0.15, 0.2) is 4.34 Å². The van der Waals surface area contributed by atoms with E-state index < -0.39 is 0 Å². The van der Waals surface area contributed by atoms with Crippen LogP contribution in [0.4, 0.5) is 5.13 Å². The van der Waals surface area contributed by atoms with Crippen LogP contribution < -0.4 is 5.32 Å². The Morgan fingerprint density at radius 3 is 2.73 bits per heavy atom. The molecule has 134 valence electrons. The van der Waals surface area contributed by atoms with Gasteiger partial charge in [-0.25, -0.2) is 0 Å². The Bertz CT molecular complexity index is 897. The van der Waals surface area contributed by atoms with Crippen molar-refractivity contribution in [2.45, 2.75) is 17.9 Å². The van der Waals surface area contributed by atoms with Crippen LogP contribution in [0.25, 0.3) is 0 Å². The molecule has 3 aromatic rings. The van der Waals surface area contributed by atoms with Crippen molar-refractivity contribution in [2.24, 2.45) is 0 Å². The van der Waals surface area contributed by atoms with Gasteiger partial charge in [0.05, 0.1) is 11.4 Å². The fourth-order valence-electron chi connectivity index (χ4n) is 1.81. The van der Waals surface area contributed by atoms with Crippen LogP contribution in [0.2, 0.25) is 0 Å². The summed E-state index contributed by atoms with van der Waals surface area (Å²) >= 11 is 3.41. The average molecular weight is 408 g/mol. The number of hydrogen-bond donors (Lipinski definition) is 1. The fourth-order valence-corrected chi connectivity index (χ4v) is 3.91. The molecule has 0 saturated heterocycles. The number of nitrogens with one attached hydrogen (secondary N) is 1. The minimum atomic E-state index is -0.342. The highest BCUT2D eigenvalue weighted by atomic mass is 32.2. The number of hydrogen-bond acceptors (Lipinski definition) is 10. The molecule has 1 amide bonds. The molecule has 2 heterocycles. The lowest BCUT2D eigenvalue weighted by Gasteiger charge is -2.03. The second-order valence-electron chi connectivity index (χ2n) is 4.95. The third kappa shape index (κ3) is 5.07. The summed E-state index contributed by atoms with van der Waals surface area (Å²) < 4.78 is 9.48. The minimum absolute atomic E-state index is 0.118. The molecule has 0 radical (unpaired) electrons. The highest BCUT2D eigenvalue weighted by molar-refractivity contribution is 8.01. The summed E-state index contributed by atoms with van der Waals surface area (Å²) in [5.41, 5.74) is 1.49. The molecule has 8 nitrogen and oxygen atoms in total. The maximum atomic E-state index is 12.1. The summed E-state index contributed by atoms with van der Waals surface area (Å²) in [5.74, 6) is -0.550. The van der Waals surface area contributed by atoms with Crippen LogP contribution in [-0.4, -0.2) is 37.4 Å². The van der Waals surface area contributed by atoms with Gasteiger partial charge in [-0.05, 0) is 24.0 Å². The van der Waals surface area contributed by atoms with Crippen molar-refractivity contribution in [1.82, 2.24) is 19.8 Å². The van der Waals surface area contributed by atoms with E-state index in [-0.39, 0.29) is 24.2 Å². The van der Waals surface area contributed by atoms with Crippen LogP contribution in [0.3, 0.4) is 0 Å². The van der Waals surface area contributed by atoms with Crippen LogP contribution in [0, 0.1) is 6.92 Å². The second kappa shape index (κ2) is 8.83. The smallest absolute Gasteiger partial charge is 0.316 e. The molecule has 26 heavy (non-hydrogen) atoms. The standard InChI is InChI=1S/C15H13N5O3S3/c1-9-12(26-20-17-9)13(22)16-14-18-19-15(25-14)24-8-11(21)23-7-10-5-3-2-4-6-10/h2-6H,7-8H2,1H3,(H,16,18,22). The van der Waals surface area contributed by atoms with E-state index in [1.165, 1.54) is 23.1 Å². The number of benzene rings is 1. The summed E-state index contributed by atoms with van der Waals surface area (Å²) in [6.07, 6.45) is 0. The number of carbonyl (C=O) groups excluding carboxylic acids is 2. The first kappa shape index (κ1) is 18.4. The predicted octanol–water partition coefficient (Wildman–Crippen LogP) is 2.79. The van der Waals surface area contributed by atoms with Crippen molar-refractivity contribution in [3.8, 4) is 0 Å². The largest absolute Gasteiger partial charge is 0.460 e. The third-order valence-electron chi connectivity index (χ3n) is 3.04. The van der Waals surface area contributed by atoms with E-state index in [2.05, 4.69) is 25.1 Å². The predicted molar refractivity (Wildman–Crippen MR) is 99.5 cm³/mol. The number of esters is 1. The monoisotopic (exact) mass is 407 g/mol. The molecule has 0 unspecified atom stereocenters. The zero-order valence-electron chi connectivity index (χ0n) is 13.5. The molecule has 0 aliphatic carbocycles. The molecular formula is C15H13N5O3S3. The number of carbonyl (C=O) groups is 2. The number of ether oxygens (including phenoxy) is 1. The van der Waals surface area contributed by atoms with Gasteiger partial charge in [0.2, 0.25) is 5.13 Å². The van der Waals surface area contributed by atoms with Gasteiger partial charge in [-0.2, -0.15) is 0 Å². The Kier molecular flexibility index (Phi) is 6.26. The Morgan fingerprint density at radius 1 is 1.19 bits per heavy atom. The lowest BCUT2D eigenvalue weighted by Crippen LogP contribution is -2.11. The molecule has 0 aliphatic heterocycles. The van der Waals surface area contributed by atoms with Gasteiger partial charge in [-0.1, -0.05) is 57.9 Å². The molecule has 0 spiro atoms. The third-order valence-corrected chi connectivity index (χ3v) is 5.81. The van der Waals surface area contributed by atoms with Gasteiger partial charge in [-0.15, -0.1) is 15.3 Å². The molecule has 1 N–H and O–H groups in total. The van der Waals surface area contributed by atoms with Crippen molar-refractivity contribution < 1.29 is 14.3 Å². The van der Waals surface area contributed by atoms with Gasteiger partial charge in [0.1, 0.15) is 11.5 Å². The van der Waals surface area contributed by atoms with Crippen LogP contribution in [0.15, 0.2) is 34.7 Å². The van der Waals surface area contributed by atoms with E-state index in [1.807, 2.05) is 30.3 Å². The molecule has 0 saturated carbocycles. The van der Waals surface area contributed by atoms with Gasteiger partial charge >= 0.3 is 5.97 Å². The molecule has 0 aliphatic rings. The lowest BCUT2D eigenvalue weighted by molar-refractivity contribution is -0.141. The first-order valence-corrected chi connectivity index (χ1v) is 9.95. The SMILES string of the molecule is Cc1nnsc1C(=O)Nc1nnc(SCC(=O)OCc2ccccc2)s1. The number of amides is 1. The van der Waals surface area contributed by atoms with Crippen molar-refractivity contribution in [2.75, 3.05) is 11.1 Å². The summed E-state index contributed by atoms with van der Waals surface area (Å²) in [6, 6.07) is 9.46. The number of nitrogens with zero attached hydrogens (tertiary/aromatic N) is 4. The van der Waals surface area contributed by atoms with Crippen molar-refractivity contribution in [3.63, 3.8) is 0 Å². The van der Waals surface area contributed by atoms with Crippen LogP contribution >= 0.6 is 34.6 Å². The molecule has 2 aromatic heterocycles. The van der Waals surface area contributed by atoms with Gasteiger partial charge in [0, 0.05) is 0 Å². The Labute approximate surface area is 161 Å². The Morgan fingerprint density at radius 2 is 2.00 bits per heavy atom.